The Labute approximate surface area is 151 Å². The van der Waals surface area contributed by atoms with Gasteiger partial charge in [0.25, 0.3) is 0 Å². The first-order valence-electron chi connectivity index (χ1n) is 7.99. The van der Waals surface area contributed by atoms with Gasteiger partial charge in [0.1, 0.15) is 5.75 Å². The fraction of sp³-hybridized carbons (Fsp3) is 0.263. The summed E-state index contributed by atoms with van der Waals surface area (Å²) in [6, 6.07) is 12.7. The van der Waals surface area contributed by atoms with Gasteiger partial charge in [0, 0.05) is 24.3 Å². The number of amides is 2. The van der Waals surface area contributed by atoms with Gasteiger partial charge in [-0.25, -0.2) is 0 Å². The van der Waals surface area contributed by atoms with E-state index in [0.717, 1.165) is 11.3 Å². The summed E-state index contributed by atoms with van der Waals surface area (Å²) in [7, 11) is 1.54. The Morgan fingerprint density at radius 1 is 1.24 bits per heavy atom. The van der Waals surface area contributed by atoms with Gasteiger partial charge >= 0.3 is 0 Å². The van der Waals surface area contributed by atoms with Crippen LogP contribution < -0.4 is 15.0 Å². The molecule has 2 aromatic rings. The summed E-state index contributed by atoms with van der Waals surface area (Å²) in [4.78, 5) is 26.4. The van der Waals surface area contributed by atoms with Crippen LogP contribution in [0, 0.1) is 12.8 Å². The third-order valence-corrected chi connectivity index (χ3v) is 4.56. The maximum absolute atomic E-state index is 12.5. The van der Waals surface area contributed by atoms with Gasteiger partial charge in [-0.05, 0) is 37.3 Å². The number of benzene rings is 2. The highest BCUT2D eigenvalue weighted by molar-refractivity contribution is 6.32. The molecule has 0 spiro atoms. The number of hydrogen-bond donors (Lipinski definition) is 1. The second-order valence-corrected chi connectivity index (χ2v) is 6.49. The quantitative estimate of drug-likeness (QED) is 0.907. The standard InChI is InChI=1S/C19H19ClN2O3/c1-12-3-5-14(6-4-12)21-19(24)13-9-18(23)22(11-13)15-7-8-17(25-2)16(20)10-15/h3-8,10,13H,9,11H2,1-2H3,(H,21,24). The second-order valence-electron chi connectivity index (χ2n) is 6.08. The molecule has 1 N–H and O–H groups in total. The summed E-state index contributed by atoms with van der Waals surface area (Å²) in [6.45, 7) is 2.32. The average molecular weight is 359 g/mol. The molecule has 25 heavy (non-hydrogen) atoms. The van der Waals surface area contributed by atoms with Crippen LogP contribution in [0.1, 0.15) is 12.0 Å². The van der Waals surface area contributed by atoms with Gasteiger partial charge in [-0.15, -0.1) is 0 Å². The second kappa shape index (κ2) is 7.15. The number of carbonyl (C=O) groups is 2. The lowest BCUT2D eigenvalue weighted by atomic mass is 10.1. The minimum absolute atomic E-state index is 0.0923. The molecule has 0 aromatic heterocycles. The van der Waals surface area contributed by atoms with Crippen LogP contribution in [0.4, 0.5) is 11.4 Å². The van der Waals surface area contributed by atoms with Crippen molar-refractivity contribution >= 4 is 34.8 Å². The monoisotopic (exact) mass is 358 g/mol. The van der Waals surface area contributed by atoms with Crippen molar-refractivity contribution in [2.45, 2.75) is 13.3 Å². The van der Waals surface area contributed by atoms with Crippen LogP contribution in [0.25, 0.3) is 0 Å². The van der Waals surface area contributed by atoms with E-state index in [2.05, 4.69) is 5.32 Å². The van der Waals surface area contributed by atoms with Crippen molar-refractivity contribution in [1.82, 2.24) is 0 Å². The summed E-state index contributed by atoms with van der Waals surface area (Å²) in [5, 5.41) is 3.30. The summed E-state index contributed by atoms with van der Waals surface area (Å²) in [5.74, 6) is -0.0926. The van der Waals surface area contributed by atoms with E-state index in [1.165, 1.54) is 7.11 Å². The van der Waals surface area contributed by atoms with Gasteiger partial charge in [0.15, 0.2) is 0 Å². The van der Waals surface area contributed by atoms with Crippen LogP contribution in [0.2, 0.25) is 5.02 Å². The summed E-state index contributed by atoms with van der Waals surface area (Å²) in [5.41, 5.74) is 2.52. The minimum Gasteiger partial charge on any atom is -0.495 e. The number of methoxy groups -OCH3 is 1. The first-order valence-corrected chi connectivity index (χ1v) is 8.37. The predicted molar refractivity (Wildman–Crippen MR) is 98.3 cm³/mol. The van der Waals surface area contributed by atoms with Crippen LogP contribution in [0.5, 0.6) is 5.75 Å². The molecular weight excluding hydrogens is 340 g/mol. The van der Waals surface area contributed by atoms with E-state index >= 15 is 0 Å². The van der Waals surface area contributed by atoms with E-state index in [1.54, 1.807) is 23.1 Å². The zero-order valence-electron chi connectivity index (χ0n) is 14.1. The molecule has 5 nitrogen and oxygen atoms in total. The van der Waals surface area contributed by atoms with E-state index in [0.29, 0.717) is 23.0 Å². The predicted octanol–water partition coefficient (Wildman–Crippen LogP) is 3.65. The van der Waals surface area contributed by atoms with Crippen LogP contribution in [-0.2, 0) is 9.59 Å². The van der Waals surface area contributed by atoms with E-state index in [1.807, 2.05) is 31.2 Å². The van der Waals surface area contributed by atoms with Crippen LogP contribution in [-0.4, -0.2) is 25.5 Å². The molecule has 130 valence electrons. The molecular formula is C19H19ClN2O3. The zero-order valence-corrected chi connectivity index (χ0v) is 14.8. The fourth-order valence-corrected chi connectivity index (χ4v) is 3.09. The smallest absolute Gasteiger partial charge is 0.229 e. The number of anilines is 2. The van der Waals surface area contributed by atoms with Gasteiger partial charge in [-0.2, -0.15) is 0 Å². The number of nitrogens with zero attached hydrogens (tertiary/aromatic N) is 1. The van der Waals surface area contributed by atoms with Crippen molar-refractivity contribution in [2.75, 3.05) is 23.9 Å². The molecule has 0 bridgehead atoms. The highest BCUT2D eigenvalue weighted by Crippen LogP contribution is 2.32. The summed E-state index contributed by atoms with van der Waals surface area (Å²) >= 11 is 6.13. The highest BCUT2D eigenvalue weighted by Gasteiger charge is 2.35. The van der Waals surface area contributed by atoms with Gasteiger partial charge < -0.3 is 15.0 Å². The zero-order chi connectivity index (χ0) is 18.0. The first-order chi connectivity index (χ1) is 12.0. The molecule has 1 saturated heterocycles. The number of rotatable bonds is 4. The summed E-state index contributed by atoms with van der Waals surface area (Å²) < 4.78 is 5.12. The number of halogens is 1. The maximum atomic E-state index is 12.5. The molecule has 1 atom stereocenters. The van der Waals surface area contributed by atoms with Gasteiger partial charge in [-0.3, -0.25) is 9.59 Å². The lowest BCUT2D eigenvalue weighted by molar-refractivity contribution is -0.122. The number of nitrogens with one attached hydrogen (secondary N) is 1. The van der Waals surface area contributed by atoms with Crippen molar-refractivity contribution < 1.29 is 14.3 Å². The van der Waals surface area contributed by atoms with Gasteiger partial charge in [0.05, 0.1) is 18.1 Å². The molecule has 0 radical (unpaired) electrons. The minimum atomic E-state index is -0.394. The van der Waals surface area contributed by atoms with Crippen molar-refractivity contribution in [2.24, 2.45) is 5.92 Å². The molecule has 6 heteroatoms. The van der Waals surface area contributed by atoms with Crippen molar-refractivity contribution in [3.63, 3.8) is 0 Å². The Bertz CT molecular complexity index is 805. The highest BCUT2D eigenvalue weighted by atomic mass is 35.5. The largest absolute Gasteiger partial charge is 0.495 e. The number of hydrogen-bond acceptors (Lipinski definition) is 3. The van der Waals surface area contributed by atoms with Crippen molar-refractivity contribution in [1.29, 1.82) is 0 Å². The van der Waals surface area contributed by atoms with Crippen LogP contribution in [0.3, 0.4) is 0 Å². The topological polar surface area (TPSA) is 58.6 Å². The molecule has 2 amide bonds. The van der Waals surface area contributed by atoms with Crippen LogP contribution in [0.15, 0.2) is 42.5 Å². The molecule has 1 unspecified atom stereocenters. The lowest BCUT2D eigenvalue weighted by Gasteiger charge is -2.18. The van der Waals surface area contributed by atoms with Crippen LogP contribution >= 0.6 is 11.6 Å². The van der Waals surface area contributed by atoms with Crippen molar-refractivity contribution in [3.8, 4) is 5.75 Å². The molecule has 2 aromatic carbocycles. The Morgan fingerprint density at radius 2 is 1.96 bits per heavy atom. The van der Waals surface area contributed by atoms with Gasteiger partial charge in [0.2, 0.25) is 11.8 Å². The lowest BCUT2D eigenvalue weighted by Crippen LogP contribution is -2.28. The molecule has 3 rings (SSSR count). The Kier molecular flexibility index (Phi) is 4.95. The fourth-order valence-electron chi connectivity index (χ4n) is 2.84. The molecule has 1 fully saturated rings. The van der Waals surface area contributed by atoms with E-state index in [9.17, 15) is 9.59 Å². The molecule has 1 heterocycles. The third kappa shape index (κ3) is 3.77. The molecule has 0 saturated carbocycles. The summed E-state index contributed by atoms with van der Waals surface area (Å²) in [6.07, 6.45) is 0.182. The Morgan fingerprint density at radius 3 is 2.60 bits per heavy atom. The number of ether oxygens (including phenoxy) is 1. The van der Waals surface area contributed by atoms with E-state index in [-0.39, 0.29) is 18.2 Å². The SMILES string of the molecule is COc1ccc(N2CC(C(=O)Nc3ccc(C)cc3)CC2=O)cc1Cl. The Balaban J connectivity index is 1.70. The number of carbonyl (C=O) groups excluding carboxylic acids is 2. The average Bonchev–Trinajstić information content (AvgIpc) is 2.99. The molecule has 1 aliphatic heterocycles. The van der Waals surface area contributed by atoms with Crippen molar-refractivity contribution in [3.05, 3.63) is 53.1 Å². The maximum Gasteiger partial charge on any atom is 0.229 e. The molecule has 1 aliphatic rings. The number of aryl methyl sites for hydroxylation is 1. The molecule has 0 aliphatic carbocycles. The normalized spacial score (nSPS) is 16.8. The Hall–Kier alpha value is -2.53. The van der Waals surface area contributed by atoms with Gasteiger partial charge in [-0.1, -0.05) is 29.3 Å². The van der Waals surface area contributed by atoms with E-state index in [4.69, 9.17) is 16.3 Å². The van der Waals surface area contributed by atoms with E-state index < -0.39 is 5.92 Å². The third-order valence-electron chi connectivity index (χ3n) is 4.26. The first kappa shape index (κ1) is 17.3.